The molecule has 106 valence electrons. The van der Waals surface area contributed by atoms with E-state index in [2.05, 4.69) is 5.10 Å². The van der Waals surface area contributed by atoms with Crippen LogP contribution < -0.4 is 5.56 Å². The molecule has 1 N–H and O–H groups in total. The Bertz CT molecular complexity index is 829. The quantitative estimate of drug-likeness (QED) is 0.903. The summed E-state index contributed by atoms with van der Waals surface area (Å²) in [6.45, 7) is 0. The minimum absolute atomic E-state index is 0.113. The number of aromatic carboxylic acids is 1. The molecule has 3 rings (SSSR count). The first-order valence-corrected chi connectivity index (χ1v) is 6.80. The molecule has 0 saturated carbocycles. The van der Waals surface area contributed by atoms with Crippen LogP contribution in [0.3, 0.4) is 0 Å². The molecule has 1 aliphatic rings. The standard InChI is InChI=1S/C13H7FN2O4S/c14-6-1-3-7(4-2-6)16-11(17)9-8(5-21-13(9)20)10(15-16)12(18)19/h1-4H,5H2,(H,18,19). The molecule has 0 unspecified atom stereocenters. The van der Waals surface area contributed by atoms with E-state index in [1.54, 1.807) is 0 Å². The Balaban J connectivity index is 2.32. The van der Waals surface area contributed by atoms with Crippen LogP contribution in [-0.4, -0.2) is 26.0 Å². The second kappa shape index (κ2) is 4.81. The monoisotopic (exact) mass is 306 g/mol. The van der Waals surface area contributed by atoms with Gasteiger partial charge in [-0.1, -0.05) is 11.8 Å². The van der Waals surface area contributed by atoms with Crippen molar-refractivity contribution in [3.05, 3.63) is 57.3 Å². The molecule has 0 radical (unpaired) electrons. The molecule has 0 spiro atoms. The Morgan fingerprint density at radius 3 is 2.57 bits per heavy atom. The predicted molar refractivity (Wildman–Crippen MR) is 72.4 cm³/mol. The lowest BCUT2D eigenvalue weighted by Crippen LogP contribution is -2.29. The van der Waals surface area contributed by atoms with E-state index in [0.717, 1.165) is 28.6 Å². The van der Waals surface area contributed by atoms with Gasteiger partial charge in [0.2, 0.25) is 5.12 Å². The Hall–Kier alpha value is -2.48. The minimum Gasteiger partial charge on any atom is -0.476 e. The van der Waals surface area contributed by atoms with Crippen molar-refractivity contribution in [2.45, 2.75) is 5.75 Å². The second-order valence-electron chi connectivity index (χ2n) is 4.28. The Morgan fingerprint density at radius 1 is 1.29 bits per heavy atom. The van der Waals surface area contributed by atoms with Gasteiger partial charge in [0.15, 0.2) is 5.69 Å². The lowest BCUT2D eigenvalue weighted by Gasteiger charge is -2.08. The van der Waals surface area contributed by atoms with E-state index in [-0.39, 0.29) is 28.3 Å². The molecule has 0 saturated heterocycles. The van der Waals surface area contributed by atoms with E-state index in [1.807, 2.05) is 0 Å². The van der Waals surface area contributed by atoms with Crippen molar-refractivity contribution in [1.29, 1.82) is 0 Å². The lowest BCUT2D eigenvalue weighted by molar-refractivity contribution is 0.0687. The van der Waals surface area contributed by atoms with Gasteiger partial charge in [-0.15, -0.1) is 0 Å². The van der Waals surface area contributed by atoms with E-state index in [4.69, 9.17) is 0 Å². The van der Waals surface area contributed by atoms with Gasteiger partial charge in [0.25, 0.3) is 5.56 Å². The number of rotatable bonds is 2. The Labute approximate surface area is 121 Å². The number of carbonyl (C=O) groups excluding carboxylic acids is 1. The molecule has 0 amide bonds. The molecule has 0 aliphatic carbocycles. The normalized spacial score (nSPS) is 13.3. The SMILES string of the molecule is O=C(O)c1nn(-c2ccc(F)cc2)c(=O)c2c1CSC2=O. The summed E-state index contributed by atoms with van der Waals surface area (Å²) in [7, 11) is 0. The van der Waals surface area contributed by atoms with Crippen LogP contribution in [0.4, 0.5) is 4.39 Å². The Kier molecular flexibility index (Phi) is 3.09. The van der Waals surface area contributed by atoms with Crippen LogP contribution >= 0.6 is 11.8 Å². The zero-order valence-electron chi connectivity index (χ0n) is 10.4. The van der Waals surface area contributed by atoms with Gasteiger partial charge < -0.3 is 5.11 Å². The maximum atomic E-state index is 12.9. The predicted octanol–water partition coefficient (Wildman–Crippen LogP) is 1.46. The van der Waals surface area contributed by atoms with Crippen molar-refractivity contribution in [2.75, 3.05) is 0 Å². The fraction of sp³-hybridized carbons (Fsp3) is 0.0769. The molecule has 2 heterocycles. The number of carboxylic acids is 1. The van der Waals surface area contributed by atoms with Gasteiger partial charge in [-0.2, -0.15) is 9.78 Å². The van der Waals surface area contributed by atoms with Crippen LogP contribution in [0.5, 0.6) is 0 Å². The van der Waals surface area contributed by atoms with Gasteiger partial charge in [-0.05, 0) is 24.3 Å². The smallest absolute Gasteiger partial charge is 0.356 e. The zero-order valence-corrected chi connectivity index (χ0v) is 11.2. The summed E-state index contributed by atoms with van der Waals surface area (Å²) in [5, 5.41) is 12.5. The van der Waals surface area contributed by atoms with Gasteiger partial charge in [0, 0.05) is 11.3 Å². The first-order valence-electron chi connectivity index (χ1n) is 5.81. The van der Waals surface area contributed by atoms with Gasteiger partial charge in [0.05, 0.1) is 5.69 Å². The molecule has 1 aliphatic heterocycles. The van der Waals surface area contributed by atoms with Crippen molar-refractivity contribution < 1.29 is 19.1 Å². The number of aromatic nitrogens is 2. The average molecular weight is 306 g/mol. The highest BCUT2D eigenvalue weighted by Gasteiger charge is 2.31. The first-order chi connectivity index (χ1) is 9.99. The molecule has 21 heavy (non-hydrogen) atoms. The first kappa shape index (κ1) is 13.5. The number of carboxylic acid groups (broad SMARTS) is 1. The number of nitrogens with zero attached hydrogens (tertiary/aromatic N) is 2. The van der Waals surface area contributed by atoms with E-state index in [1.165, 1.54) is 12.1 Å². The van der Waals surface area contributed by atoms with Crippen molar-refractivity contribution in [2.24, 2.45) is 0 Å². The topological polar surface area (TPSA) is 89.3 Å². The number of hydrogen-bond donors (Lipinski definition) is 1. The molecule has 1 aromatic carbocycles. The highest BCUT2D eigenvalue weighted by atomic mass is 32.2. The summed E-state index contributed by atoms with van der Waals surface area (Å²) in [6.07, 6.45) is 0. The summed E-state index contributed by atoms with van der Waals surface area (Å²) < 4.78 is 13.7. The van der Waals surface area contributed by atoms with E-state index in [0.29, 0.717) is 0 Å². The molecular weight excluding hydrogens is 299 g/mol. The molecule has 8 heteroatoms. The van der Waals surface area contributed by atoms with Gasteiger partial charge in [-0.25, -0.2) is 9.18 Å². The number of thioether (sulfide) groups is 1. The average Bonchev–Trinajstić information content (AvgIpc) is 2.83. The molecule has 1 aromatic heterocycles. The van der Waals surface area contributed by atoms with Crippen LogP contribution in [0.15, 0.2) is 29.1 Å². The van der Waals surface area contributed by atoms with Crippen molar-refractivity contribution >= 4 is 22.8 Å². The third kappa shape index (κ3) is 2.13. The fourth-order valence-corrected chi connectivity index (χ4v) is 2.96. The number of carbonyl (C=O) groups is 2. The van der Waals surface area contributed by atoms with Crippen molar-refractivity contribution in [3.63, 3.8) is 0 Å². The summed E-state index contributed by atoms with van der Waals surface area (Å²) in [5.74, 6) is -1.71. The third-order valence-electron chi connectivity index (χ3n) is 3.02. The zero-order chi connectivity index (χ0) is 15.1. The molecule has 0 atom stereocenters. The highest BCUT2D eigenvalue weighted by molar-refractivity contribution is 8.13. The lowest BCUT2D eigenvalue weighted by atomic mass is 10.1. The second-order valence-corrected chi connectivity index (χ2v) is 5.22. The van der Waals surface area contributed by atoms with Crippen molar-refractivity contribution in [3.8, 4) is 5.69 Å². The number of fused-ring (bicyclic) bond motifs is 1. The van der Waals surface area contributed by atoms with Crippen LogP contribution in [0.1, 0.15) is 26.4 Å². The molecule has 6 nitrogen and oxygen atoms in total. The van der Waals surface area contributed by atoms with Crippen LogP contribution in [0, 0.1) is 5.82 Å². The largest absolute Gasteiger partial charge is 0.476 e. The van der Waals surface area contributed by atoms with E-state index >= 15 is 0 Å². The van der Waals surface area contributed by atoms with E-state index in [9.17, 15) is 23.9 Å². The van der Waals surface area contributed by atoms with Crippen LogP contribution in [0.2, 0.25) is 0 Å². The number of benzene rings is 1. The van der Waals surface area contributed by atoms with E-state index < -0.39 is 22.5 Å². The summed E-state index contributed by atoms with van der Waals surface area (Å²) in [6, 6.07) is 4.81. The minimum atomic E-state index is -1.32. The van der Waals surface area contributed by atoms with Crippen LogP contribution in [-0.2, 0) is 5.75 Å². The number of halogens is 1. The summed E-state index contributed by atoms with van der Waals surface area (Å²) in [4.78, 5) is 35.3. The summed E-state index contributed by atoms with van der Waals surface area (Å²) >= 11 is 0.863. The van der Waals surface area contributed by atoms with Gasteiger partial charge in [0.1, 0.15) is 11.4 Å². The maximum Gasteiger partial charge on any atom is 0.356 e. The van der Waals surface area contributed by atoms with Gasteiger partial charge in [-0.3, -0.25) is 9.59 Å². The highest BCUT2D eigenvalue weighted by Crippen LogP contribution is 2.29. The fourth-order valence-electron chi connectivity index (χ4n) is 2.05. The maximum absolute atomic E-state index is 12.9. The Morgan fingerprint density at radius 2 is 1.95 bits per heavy atom. The molecule has 0 bridgehead atoms. The number of hydrogen-bond acceptors (Lipinski definition) is 5. The van der Waals surface area contributed by atoms with Crippen LogP contribution in [0.25, 0.3) is 5.69 Å². The molecular formula is C13H7FN2O4S. The summed E-state index contributed by atoms with van der Waals surface area (Å²) in [5.41, 5.74) is -0.877. The van der Waals surface area contributed by atoms with Crippen molar-refractivity contribution in [1.82, 2.24) is 9.78 Å². The third-order valence-corrected chi connectivity index (χ3v) is 3.92. The molecule has 2 aromatic rings. The molecule has 0 fully saturated rings. The van der Waals surface area contributed by atoms with Gasteiger partial charge >= 0.3 is 5.97 Å².